The van der Waals surface area contributed by atoms with E-state index in [1.165, 1.54) is 0 Å². The fraction of sp³-hybridized carbons (Fsp3) is 0.417. The maximum absolute atomic E-state index is 13.4. The number of benzene rings is 1. The molecule has 0 aliphatic carbocycles. The summed E-state index contributed by atoms with van der Waals surface area (Å²) in [6, 6.07) is 3.95. The van der Waals surface area contributed by atoms with Gasteiger partial charge in [-0.3, -0.25) is 0 Å². The molecule has 0 heterocycles. The fourth-order valence-corrected chi connectivity index (χ4v) is 1.53. The number of nitrogens with one attached hydrogen (secondary N) is 1. The van der Waals surface area contributed by atoms with E-state index in [-0.39, 0.29) is 10.7 Å². The molecule has 0 radical (unpaired) electrons. The lowest BCUT2D eigenvalue weighted by atomic mass is 9.91. The van der Waals surface area contributed by atoms with Gasteiger partial charge in [0.25, 0.3) is 0 Å². The lowest BCUT2D eigenvalue weighted by Gasteiger charge is -2.16. The number of hydrogen-bond acceptors (Lipinski definition) is 2. The molecule has 0 saturated carbocycles. The molecule has 0 saturated heterocycles. The van der Waals surface area contributed by atoms with E-state index in [0.29, 0.717) is 13.0 Å². The molecule has 1 rings (SSSR count). The molecule has 17 heavy (non-hydrogen) atoms. The largest absolute Gasteiger partial charge is 0.381 e. The Morgan fingerprint density at radius 2 is 2.06 bits per heavy atom. The number of nitriles is 1. The minimum Gasteiger partial charge on any atom is -0.381 e. The van der Waals surface area contributed by atoms with Gasteiger partial charge in [0.1, 0.15) is 5.82 Å². The highest BCUT2D eigenvalue weighted by atomic mass is 35.5. The smallest absolute Gasteiger partial charge is 0.150 e. The molecular formula is C12H13ClF2N2. The summed E-state index contributed by atoms with van der Waals surface area (Å²) >= 11 is 5.71. The number of halogens is 3. The molecule has 0 unspecified atom stereocenters. The van der Waals surface area contributed by atoms with Crippen LogP contribution < -0.4 is 5.32 Å². The number of hydrogen-bond donors (Lipinski definition) is 1. The summed E-state index contributed by atoms with van der Waals surface area (Å²) in [4.78, 5) is 0. The van der Waals surface area contributed by atoms with Crippen LogP contribution in [0.1, 0.15) is 20.3 Å². The van der Waals surface area contributed by atoms with E-state index >= 15 is 0 Å². The Balaban J connectivity index is 2.68. The Bertz CT molecular complexity index is 429. The van der Waals surface area contributed by atoms with Crippen LogP contribution >= 0.6 is 11.6 Å². The third-order valence-corrected chi connectivity index (χ3v) is 2.66. The second kappa shape index (κ2) is 5.33. The first-order chi connectivity index (χ1) is 7.85. The van der Waals surface area contributed by atoms with Gasteiger partial charge in [0.15, 0.2) is 5.82 Å². The summed E-state index contributed by atoms with van der Waals surface area (Å²) < 4.78 is 26.1. The highest BCUT2D eigenvalue weighted by Crippen LogP contribution is 2.27. The minimum absolute atomic E-state index is 0.00253. The SMILES string of the molecule is CC(C)(C#N)CCNc1c(F)cc(F)cc1Cl. The van der Waals surface area contributed by atoms with E-state index in [0.717, 1.165) is 12.1 Å². The van der Waals surface area contributed by atoms with E-state index in [1.807, 2.05) is 0 Å². The van der Waals surface area contributed by atoms with Crippen molar-refractivity contribution in [2.75, 3.05) is 11.9 Å². The zero-order chi connectivity index (χ0) is 13.1. The fourth-order valence-electron chi connectivity index (χ4n) is 1.27. The summed E-state index contributed by atoms with van der Waals surface area (Å²) in [5.74, 6) is -1.44. The Kier molecular flexibility index (Phi) is 4.30. The predicted octanol–water partition coefficient (Wildman–Crippen LogP) is 3.97. The van der Waals surface area contributed by atoms with Crippen LogP contribution in [0.4, 0.5) is 14.5 Å². The number of rotatable bonds is 4. The highest BCUT2D eigenvalue weighted by Gasteiger charge is 2.17. The van der Waals surface area contributed by atoms with Gasteiger partial charge in [-0.15, -0.1) is 0 Å². The Hall–Kier alpha value is -1.34. The Morgan fingerprint density at radius 1 is 1.41 bits per heavy atom. The molecule has 0 atom stereocenters. The van der Waals surface area contributed by atoms with Crippen LogP contribution in [0, 0.1) is 28.4 Å². The zero-order valence-corrected chi connectivity index (χ0v) is 10.4. The topological polar surface area (TPSA) is 35.8 Å². The lowest BCUT2D eigenvalue weighted by Crippen LogP contribution is -2.15. The minimum atomic E-state index is -0.732. The third-order valence-electron chi connectivity index (χ3n) is 2.36. The standard InChI is InChI=1S/C12H13ClF2N2/c1-12(2,7-16)3-4-17-11-9(13)5-8(14)6-10(11)15/h5-6,17H,3-4H2,1-2H3. The van der Waals surface area contributed by atoms with Crippen molar-refractivity contribution in [3.8, 4) is 6.07 Å². The summed E-state index contributed by atoms with van der Waals surface area (Å²) in [6.45, 7) is 3.97. The molecule has 0 fully saturated rings. The second-order valence-electron chi connectivity index (χ2n) is 4.42. The van der Waals surface area contributed by atoms with Gasteiger partial charge < -0.3 is 5.32 Å². The van der Waals surface area contributed by atoms with Crippen LogP contribution in [-0.2, 0) is 0 Å². The van der Waals surface area contributed by atoms with Crippen molar-refractivity contribution in [3.63, 3.8) is 0 Å². The van der Waals surface area contributed by atoms with E-state index in [1.54, 1.807) is 13.8 Å². The summed E-state index contributed by atoms with van der Waals surface area (Å²) in [7, 11) is 0. The average molecular weight is 259 g/mol. The molecular weight excluding hydrogens is 246 g/mol. The van der Waals surface area contributed by atoms with Crippen LogP contribution in [0.25, 0.3) is 0 Å². The van der Waals surface area contributed by atoms with Crippen LogP contribution in [0.2, 0.25) is 5.02 Å². The first-order valence-corrected chi connectivity index (χ1v) is 5.53. The van der Waals surface area contributed by atoms with Gasteiger partial charge in [-0.2, -0.15) is 5.26 Å². The molecule has 1 aromatic rings. The van der Waals surface area contributed by atoms with Crippen molar-refractivity contribution < 1.29 is 8.78 Å². The molecule has 0 aliphatic rings. The molecule has 1 aromatic carbocycles. The van der Waals surface area contributed by atoms with Crippen LogP contribution in [0.15, 0.2) is 12.1 Å². The van der Waals surface area contributed by atoms with Gasteiger partial charge in [-0.1, -0.05) is 11.6 Å². The van der Waals surface area contributed by atoms with E-state index in [9.17, 15) is 8.78 Å². The molecule has 2 nitrogen and oxygen atoms in total. The predicted molar refractivity (Wildman–Crippen MR) is 63.9 cm³/mol. The van der Waals surface area contributed by atoms with Crippen molar-refractivity contribution in [2.45, 2.75) is 20.3 Å². The quantitative estimate of drug-likeness (QED) is 0.887. The first kappa shape index (κ1) is 13.7. The molecule has 0 aromatic heterocycles. The van der Waals surface area contributed by atoms with Crippen molar-refractivity contribution in [1.29, 1.82) is 5.26 Å². The lowest BCUT2D eigenvalue weighted by molar-refractivity contribution is 0.466. The molecule has 92 valence electrons. The molecule has 0 amide bonds. The number of nitrogens with zero attached hydrogens (tertiary/aromatic N) is 1. The molecule has 1 N–H and O–H groups in total. The van der Waals surface area contributed by atoms with Crippen LogP contribution in [0.3, 0.4) is 0 Å². The summed E-state index contributed by atoms with van der Waals surface area (Å²) in [5.41, 5.74) is -0.419. The van der Waals surface area contributed by atoms with Gasteiger partial charge in [0, 0.05) is 12.6 Å². The average Bonchev–Trinajstić information content (AvgIpc) is 2.22. The van der Waals surface area contributed by atoms with Gasteiger partial charge in [0.05, 0.1) is 22.2 Å². The summed E-state index contributed by atoms with van der Waals surface area (Å²) in [5, 5.41) is 11.6. The van der Waals surface area contributed by atoms with Gasteiger partial charge in [-0.05, 0) is 26.3 Å². The Labute approximate surface area is 104 Å². The summed E-state index contributed by atoms with van der Waals surface area (Å²) in [6.07, 6.45) is 0.538. The van der Waals surface area contributed by atoms with Crippen molar-refractivity contribution in [3.05, 3.63) is 28.8 Å². The van der Waals surface area contributed by atoms with Crippen LogP contribution in [0.5, 0.6) is 0 Å². The van der Waals surface area contributed by atoms with Gasteiger partial charge in [-0.25, -0.2) is 8.78 Å². The zero-order valence-electron chi connectivity index (χ0n) is 9.65. The van der Waals surface area contributed by atoms with Crippen molar-refractivity contribution in [2.24, 2.45) is 5.41 Å². The van der Waals surface area contributed by atoms with Gasteiger partial charge in [0.2, 0.25) is 0 Å². The normalized spacial score (nSPS) is 11.1. The maximum Gasteiger partial charge on any atom is 0.150 e. The van der Waals surface area contributed by atoms with Gasteiger partial charge >= 0.3 is 0 Å². The van der Waals surface area contributed by atoms with E-state index in [2.05, 4.69) is 11.4 Å². The van der Waals surface area contributed by atoms with E-state index in [4.69, 9.17) is 16.9 Å². The van der Waals surface area contributed by atoms with Crippen molar-refractivity contribution in [1.82, 2.24) is 0 Å². The Morgan fingerprint density at radius 3 is 2.59 bits per heavy atom. The maximum atomic E-state index is 13.4. The number of anilines is 1. The van der Waals surface area contributed by atoms with Crippen LogP contribution in [-0.4, -0.2) is 6.54 Å². The monoisotopic (exact) mass is 258 g/mol. The third kappa shape index (κ3) is 3.86. The first-order valence-electron chi connectivity index (χ1n) is 5.15. The highest BCUT2D eigenvalue weighted by molar-refractivity contribution is 6.33. The van der Waals surface area contributed by atoms with E-state index < -0.39 is 17.0 Å². The molecule has 5 heteroatoms. The molecule has 0 spiro atoms. The molecule has 0 aliphatic heterocycles. The van der Waals surface area contributed by atoms with Crippen molar-refractivity contribution >= 4 is 17.3 Å². The molecule has 0 bridgehead atoms. The second-order valence-corrected chi connectivity index (χ2v) is 4.82.